The van der Waals surface area contributed by atoms with Crippen LogP contribution in [-0.2, 0) is 9.59 Å². The number of phenols is 1. The van der Waals surface area contributed by atoms with E-state index in [9.17, 15) is 19.5 Å². The molecular weight excluding hydrogens is 496 g/mol. The molecule has 1 aromatic heterocycles. The molecule has 1 atom stereocenters. The molecule has 3 aromatic carbocycles. The summed E-state index contributed by atoms with van der Waals surface area (Å²) in [7, 11) is 2.94. The number of fused-ring (bicyclic) bond motifs is 3. The highest BCUT2D eigenvalue weighted by atomic mass is 16.5. The van der Waals surface area contributed by atoms with Gasteiger partial charge in [-0.2, -0.15) is 0 Å². The fraction of sp³-hybridized carbons (Fsp3) is 0.179. The fourth-order valence-corrected chi connectivity index (χ4v) is 4.55. The maximum absolute atomic E-state index is 13.5. The fourth-order valence-electron chi connectivity index (χ4n) is 4.55. The van der Waals surface area contributed by atoms with Gasteiger partial charge in [0.1, 0.15) is 34.5 Å². The van der Waals surface area contributed by atoms with Gasteiger partial charge in [-0.25, -0.2) is 4.79 Å². The van der Waals surface area contributed by atoms with Gasteiger partial charge < -0.3 is 33.6 Å². The molecule has 0 saturated heterocycles. The van der Waals surface area contributed by atoms with E-state index in [0.29, 0.717) is 22.4 Å². The maximum Gasteiger partial charge on any atom is 0.341 e. The number of rotatable bonds is 7. The predicted molar refractivity (Wildman–Crippen MR) is 134 cm³/mol. The minimum Gasteiger partial charge on any atom is -0.507 e. The van der Waals surface area contributed by atoms with Crippen molar-refractivity contribution in [3.8, 4) is 39.9 Å². The SMILES string of the molecule is COc1ccc(-c2coc3c4c(cc(O)c3c2=O)OC(=O)CC4c2ccc(OCC(=O)O)c(OC)c2)cc1. The van der Waals surface area contributed by atoms with Crippen molar-refractivity contribution >= 4 is 22.9 Å². The molecule has 194 valence electrons. The predicted octanol–water partition coefficient (Wildman–Crippen LogP) is 4.09. The Hall–Kier alpha value is -4.99. The lowest BCUT2D eigenvalue weighted by Gasteiger charge is -2.26. The molecule has 4 aromatic rings. The Morgan fingerprint density at radius 2 is 1.79 bits per heavy atom. The van der Waals surface area contributed by atoms with Gasteiger partial charge in [0, 0.05) is 17.5 Å². The molecule has 0 saturated carbocycles. The number of carbonyl (C=O) groups excluding carboxylic acids is 1. The minimum atomic E-state index is -1.14. The van der Waals surface area contributed by atoms with E-state index in [1.165, 1.54) is 32.6 Å². The van der Waals surface area contributed by atoms with Crippen LogP contribution in [0.4, 0.5) is 0 Å². The molecule has 5 rings (SSSR count). The van der Waals surface area contributed by atoms with Gasteiger partial charge in [0.2, 0.25) is 5.43 Å². The molecule has 0 fully saturated rings. The first-order valence-corrected chi connectivity index (χ1v) is 11.5. The van der Waals surface area contributed by atoms with Crippen LogP contribution < -0.4 is 24.4 Å². The highest BCUT2D eigenvalue weighted by Crippen LogP contribution is 2.46. The molecule has 10 nitrogen and oxygen atoms in total. The van der Waals surface area contributed by atoms with E-state index in [1.54, 1.807) is 36.4 Å². The largest absolute Gasteiger partial charge is 0.507 e. The second kappa shape index (κ2) is 9.81. The Morgan fingerprint density at radius 3 is 2.47 bits per heavy atom. The zero-order valence-electron chi connectivity index (χ0n) is 20.3. The van der Waals surface area contributed by atoms with E-state index in [1.807, 2.05) is 0 Å². The van der Waals surface area contributed by atoms with Gasteiger partial charge >= 0.3 is 11.9 Å². The minimum absolute atomic E-state index is 0.0478. The van der Waals surface area contributed by atoms with E-state index in [-0.39, 0.29) is 46.0 Å². The first-order chi connectivity index (χ1) is 18.3. The lowest BCUT2D eigenvalue weighted by atomic mass is 9.84. The second-order valence-corrected chi connectivity index (χ2v) is 8.54. The van der Waals surface area contributed by atoms with Crippen LogP contribution in [0.1, 0.15) is 23.5 Å². The van der Waals surface area contributed by atoms with Gasteiger partial charge in [-0.15, -0.1) is 0 Å². The number of carbonyl (C=O) groups is 2. The molecule has 1 aliphatic heterocycles. The normalized spacial score (nSPS) is 14.5. The Balaban J connectivity index is 1.66. The summed E-state index contributed by atoms with van der Waals surface area (Å²) < 4.78 is 27.2. The topological polar surface area (TPSA) is 142 Å². The van der Waals surface area contributed by atoms with Crippen LogP contribution in [0.3, 0.4) is 0 Å². The van der Waals surface area contributed by atoms with Gasteiger partial charge in [0.25, 0.3) is 0 Å². The van der Waals surface area contributed by atoms with E-state index in [4.69, 9.17) is 28.5 Å². The summed E-state index contributed by atoms with van der Waals surface area (Å²) in [5.74, 6) is -1.52. The highest BCUT2D eigenvalue weighted by molar-refractivity contribution is 5.94. The molecule has 2 N–H and O–H groups in total. The number of benzene rings is 3. The van der Waals surface area contributed by atoms with Crippen molar-refractivity contribution in [1.29, 1.82) is 0 Å². The molecule has 1 unspecified atom stereocenters. The number of carboxylic acid groups (broad SMARTS) is 1. The lowest BCUT2D eigenvalue weighted by Crippen LogP contribution is -2.22. The third kappa shape index (κ3) is 4.36. The first kappa shape index (κ1) is 24.7. The zero-order chi connectivity index (χ0) is 27.0. The summed E-state index contributed by atoms with van der Waals surface area (Å²) in [6.07, 6.45) is 1.23. The number of esters is 1. The standard InChI is InChI=1S/C28H22O10/c1-34-16-6-3-14(4-7-16)18-12-37-28-25-17(10-24(32)38-22(25)11-19(29)26(28)27(18)33)15-5-8-20(21(9-15)35-2)36-13-23(30)31/h3-9,11-12,17,29H,10,13H2,1-2H3,(H,30,31). The Bertz CT molecular complexity index is 1620. The molecule has 1 aliphatic rings. The average Bonchev–Trinajstić information content (AvgIpc) is 2.91. The molecule has 38 heavy (non-hydrogen) atoms. The van der Waals surface area contributed by atoms with E-state index in [2.05, 4.69) is 0 Å². The van der Waals surface area contributed by atoms with Gasteiger partial charge in [-0.3, -0.25) is 9.59 Å². The van der Waals surface area contributed by atoms with Crippen molar-refractivity contribution in [3.05, 3.63) is 76.1 Å². The van der Waals surface area contributed by atoms with Gasteiger partial charge in [0.05, 0.1) is 26.2 Å². The van der Waals surface area contributed by atoms with E-state index < -0.39 is 29.9 Å². The molecule has 2 heterocycles. The van der Waals surface area contributed by atoms with Crippen molar-refractivity contribution in [1.82, 2.24) is 0 Å². The average molecular weight is 518 g/mol. The Kier molecular flexibility index (Phi) is 6.38. The number of ether oxygens (including phenoxy) is 4. The second-order valence-electron chi connectivity index (χ2n) is 8.54. The van der Waals surface area contributed by atoms with Crippen molar-refractivity contribution in [2.75, 3.05) is 20.8 Å². The van der Waals surface area contributed by atoms with E-state index >= 15 is 0 Å². The van der Waals surface area contributed by atoms with Crippen molar-refractivity contribution in [2.45, 2.75) is 12.3 Å². The zero-order valence-corrected chi connectivity index (χ0v) is 20.3. The third-order valence-electron chi connectivity index (χ3n) is 6.31. The molecular formula is C28H22O10. The van der Waals surface area contributed by atoms with Gasteiger partial charge in [-0.05, 0) is 35.4 Å². The van der Waals surface area contributed by atoms with Crippen molar-refractivity contribution < 1.29 is 43.2 Å². The number of hydrogen-bond donors (Lipinski definition) is 2. The highest BCUT2D eigenvalue weighted by Gasteiger charge is 2.34. The molecule has 0 spiro atoms. The van der Waals surface area contributed by atoms with Crippen LogP contribution in [-0.4, -0.2) is 43.0 Å². The third-order valence-corrected chi connectivity index (χ3v) is 6.31. The molecule has 0 aliphatic carbocycles. The van der Waals surface area contributed by atoms with Crippen molar-refractivity contribution in [3.63, 3.8) is 0 Å². The summed E-state index contributed by atoms with van der Waals surface area (Å²) in [5.41, 5.74) is 1.46. The summed E-state index contributed by atoms with van der Waals surface area (Å²) in [5, 5.41) is 19.6. The van der Waals surface area contributed by atoms with Crippen LogP contribution >= 0.6 is 0 Å². The summed E-state index contributed by atoms with van der Waals surface area (Å²) in [6.45, 7) is -0.556. The maximum atomic E-state index is 13.5. The monoisotopic (exact) mass is 518 g/mol. The molecule has 0 radical (unpaired) electrons. The first-order valence-electron chi connectivity index (χ1n) is 11.5. The van der Waals surface area contributed by atoms with Gasteiger partial charge in [-0.1, -0.05) is 18.2 Å². The Morgan fingerprint density at radius 1 is 1.03 bits per heavy atom. The summed E-state index contributed by atoms with van der Waals surface area (Å²) >= 11 is 0. The number of methoxy groups -OCH3 is 2. The van der Waals surface area contributed by atoms with Crippen molar-refractivity contribution in [2.24, 2.45) is 0 Å². The number of aliphatic carboxylic acids is 1. The van der Waals surface area contributed by atoms with Crippen LogP contribution in [0.5, 0.6) is 28.7 Å². The smallest absolute Gasteiger partial charge is 0.341 e. The number of hydrogen-bond acceptors (Lipinski definition) is 9. The Labute approximate surface area is 215 Å². The molecule has 0 bridgehead atoms. The lowest BCUT2D eigenvalue weighted by molar-refractivity contribution is -0.139. The van der Waals surface area contributed by atoms with E-state index in [0.717, 1.165) is 0 Å². The number of aromatic hydroxyl groups is 1. The van der Waals surface area contributed by atoms with Crippen LogP contribution in [0, 0.1) is 0 Å². The molecule has 0 amide bonds. The van der Waals surface area contributed by atoms with Crippen LogP contribution in [0.15, 0.2) is 64.0 Å². The quantitative estimate of drug-likeness (QED) is 0.271. The summed E-state index contributed by atoms with van der Waals surface area (Å²) in [6, 6.07) is 12.9. The van der Waals surface area contributed by atoms with Gasteiger partial charge in [0.15, 0.2) is 18.1 Å². The number of carboxylic acids is 1. The van der Waals surface area contributed by atoms with Crippen LogP contribution in [0.25, 0.3) is 22.1 Å². The number of phenolic OH excluding ortho intramolecular Hbond substituents is 1. The summed E-state index contributed by atoms with van der Waals surface area (Å²) in [4.78, 5) is 36.9. The molecule has 10 heteroatoms. The van der Waals surface area contributed by atoms with Crippen LogP contribution in [0.2, 0.25) is 0 Å².